The van der Waals surface area contributed by atoms with Gasteiger partial charge in [0.15, 0.2) is 5.82 Å². The smallest absolute Gasteiger partial charge is 0.237 e. The van der Waals surface area contributed by atoms with Gasteiger partial charge in [0.25, 0.3) is 0 Å². The number of nitrogen functional groups attached to an aromatic ring is 1. The predicted molar refractivity (Wildman–Crippen MR) is 96.3 cm³/mol. The SMILES string of the molecule is C[C@@H](Sc1nnc(C2CCCCC2)n1N)C(=O)Nc1ccc(F)cc1. The van der Waals surface area contributed by atoms with Gasteiger partial charge in [-0.25, -0.2) is 9.07 Å². The molecular weight excluding hydrogens is 341 g/mol. The highest BCUT2D eigenvalue weighted by molar-refractivity contribution is 8.00. The van der Waals surface area contributed by atoms with Gasteiger partial charge in [-0.1, -0.05) is 31.0 Å². The number of nitrogens with two attached hydrogens (primary N) is 1. The van der Waals surface area contributed by atoms with Crippen LogP contribution in [0.1, 0.15) is 50.8 Å². The van der Waals surface area contributed by atoms with Crippen LogP contribution >= 0.6 is 11.8 Å². The molecule has 3 rings (SSSR count). The Hall–Kier alpha value is -2.09. The van der Waals surface area contributed by atoms with Crippen LogP contribution in [0, 0.1) is 5.82 Å². The molecule has 134 valence electrons. The molecule has 1 aliphatic carbocycles. The number of halogens is 1. The molecule has 8 heteroatoms. The molecule has 0 spiro atoms. The average Bonchev–Trinajstić information content (AvgIpc) is 2.98. The van der Waals surface area contributed by atoms with E-state index >= 15 is 0 Å². The first kappa shape index (κ1) is 17.7. The van der Waals surface area contributed by atoms with E-state index in [2.05, 4.69) is 15.5 Å². The molecule has 1 heterocycles. The third kappa shape index (κ3) is 4.31. The molecule has 0 aliphatic heterocycles. The number of nitrogens with zero attached hydrogens (tertiary/aromatic N) is 3. The Labute approximate surface area is 150 Å². The van der Waals surface area contributed by atoms with Crippen LogP contribution in [0.15, 0.2) is 29.4 Å². The van der Waals surface area contributed by atoms with Gasteiger partial charge in [-0.2, -0.15) is 0 Å². The molecule has 6 nitrogen and oxygen atoms in total. The fraction of sp³-hybridized carbons (Fsp3) is 0.471. The number of anilines is 1. The van der Waals surface area contributed by atoms with Crippen molar-refractivity contribution in [1.82, 2.24) is 14.9 Å². The molecule has 25 heavy (non-hydrogen) atoms. The number of hydrogen-bond donors (Lipinski definition) is 2. The number of amides is 1. The van der Waals surface area contributed by atoms with Crippen molar-refractivity contribution in [2.75, 3.05) is 11.2 Å². The minimum absolute atomic E-state index is 0.196. The zero-order chi connectivity index (χ0) is 17.8. The maximum Gasteiger partial charge on any atom is 0.237 e. The predicted octanol–water partition coefficient (Wildman–Crippen LogP) is 3.30. The molecule has 2 aromatic rings. The van der Waals surface area contributed by atoms with Crippen molar-refractivity contribution in [3.63, 3.8) is 0 Å². The second-order valence-corrected chi connectivity index (χ2v) is 7.61. The molecule has 1 atom stereocenters. The first-order valence-electron chi connectivity index (χ1n) is 8.48. The minimum Gasteiger partial charge on any atom is -0.336 e. The lowest BCUT2D eigenvalue weighted by molar-refractivity contribution is -0.115. The van der Waals surface area contributed by atoms with Gasteiger partial charge < -0.3 is 11.2 Å². The minimum atomic E-state index is -0.407. The van der Waals surface area contributed by atoms with Crippen LogP contribution in [0.3, 0.4) is 0 Å². The number of hydrogen-bond acceptors (Lipinski definition) is 5. The molecule has 0 unspecified atom stereocenters. The Balaban J connectivity index is 1.62. The van der Waals surface area contributed by atoms with Gasteiger partial charge in [0.1, 0.15) is 5.82 Å². The largest absolute Gasteiger partial charge is 0.336 e. The Morgan fingerprint density at radius 1 is 1.28 bits per heavy atom. The maximum atomic E-state index is 12.9. The van der Waals surface area contributed by atoms with Gasteiger partial charge in [-0.15, -0.1) is 10.2 Å². The quantitative estimate of drug-likeness (QED) is 0.629. The number of aromatic nitrogens is 3. The van der Waals surface area contributed by atoms with Crippen molar-refractivity contribution >= 4 is 23.4 Å². The maximum absolute atomic E-state index is 12.9. The van der Waals surface area contributed by atoms with E-state index in [4.69, 9.17) is 5.84 Å². The fourth-order valence-corrected chi connectivity index (χ4v) is 3.77. The van der Waals surface area contributed by atoms with Crippen molar-refractivity contribution in [2.45, 2.75) is 55.4 Å². The summed E-state index contributed by atoms with van der Waals surface area (Å²) in [6, 6.07) is 5.66. The molecule has 0 saturated heterocycles. The monoisotopic (exact) mass is 363 g/mol. The summed E-state index contributed by atoms with van der Waals surface area (Å²) in [5.41, 5.74) is 0.552. The van der Waals surface area contributed by atoms with Gasteiger partial charge in [0.2, 0.25) is 11.1 Å². The number of carbonyl (C=O) groups is 1. The normalized spacial score (nSPS) is 16.6. The zero-order valence-corrected chi connectivity index (χ0v) is 14.9. The summed E-state index contributed by atoms with van der Waals surface area (Å²) < 4.78 is 14.4. The van der Waals surface area contributed by atoms with Crippen LogP contribution in [-0.2, 0) is 4.79 Å². The standard InChI is InChI=1S/C17H22FN5OS/c1-11(16(24)20-14-9-7-13(18)8-10-14)25-17-22-21-15(23(17)19)12-5-3-2-4-6-12/h7-12H,2-6,19H2,1H3,(H,20,24)/t11-/m1/s1. The van der Waals surface area contributed by atoms with Crippen molar-refractivity contribution in [1.29, 1.82) is 0 Å². The van der Waals surface area contributed by atoms with Crippen molar-refractivity contribution < 1.29 is 9.18 Å². The fourth-order valence-electron chi connectivity index (χ4n) is 3.00. The topological polar surface area (TPSA) is 85.8 Å². The number of benzene rings is 1. The molecule has 1 aromatic carbocycles. The summed E-state index contributed by atoms with van der Waals surface area (Å²) in [7, 11) is 0. The van der Waals surface area contributed by atoms with Gasteiger partial charge in [0.05, 0.1) is 5.25 Å². The Morgan fingerprint density at radius 2 is 1.96 bits per heavy atom. The van der Waals surface area contributed by atoms with Gasteiger partial charge in [0, 0.05) is 11.6 Å². The highest BCUT2D eigenvalue weighted by Crippen LogP contribution is 2.32. The summed E-state index contributed by atoms with van der Waals surface area (Å²) in [5, 5.41) is 11.3. The number of thioether (sulfide) groups is 1. The summed E-state index contributed by atoms with van der Waals surface area (Å²) in [5.74, 6) is 6.76. The van der Waals surface area contributed by atoms with Crippen LogP contribution in [0.4, 0.5) is 10.1 Å². The molecule has 1 amide bonds. The van der Waals surface area contributed by atoms with E-state index in [0.717, 1.165) is 18.7 Å². The summed E-state index contributed by atoms with van der Waals surface area (Å²) in [6.07, 6.45) is 5.81. The van der Waals surface area contributed by atoms with E-state index in [1.807, 2.05) is 0 Å². The summed E-state index contributed by atoms with van der Waals surface area (Å²) >= 11 is 1.26. The van der Waals surface area contributed by atoms with Crippen LogP contribution < -0.4 is 11.2 Å². The number of nitrogens with one attached hydrogen (secondary N) is 1. The highest BCUT2D eigenvalue weighted by Gasteiger charge is 2.24. The second-order valence-electron chi connectivity index (χ2n) is 6.30. The summed E-state index contributed by atoms with van der Waals surface area (Å²) in [6.45, 7) is 1.78. The van der Waals surface area contributed by atoms with Gasteiger partial charge in [-0.3, -0.25) is 4.79 Å². The molecule has 0 bridgehead atoms. The molecular formula is C17H22FN5OS. The molecule has 1 fully saturated rings. The molecule has 1 saturated carbocycles. The Kier molecular flexibility index (Phi) is 5.57. The van der Waals surface area contributed by atoms with E-state index in [-0.39, 0.29) is 11.7 Å². The lowest BCUT2D eigenvalue weighted by Gasteiger charge is -2.20. The molecule has 1 aliphatic rings. The third-order valence-electron chi connectivity index (χ3n) is 4.42. The van der Waals surface area contributed by atoms with Crippen molar-refractivity contribution in [3.05, 3.63) is 35.9 Å². The molecule has 0 radical (unpaired) electrons. The second kappa shape index (κ2) is 7.86. The van der Waals surface area contributed by atoms with Gasteiger partial charge in [-0.05, 0) is 44.0 Å². The average molecular weight is 363 g/mol. The third-order valence-corrected chi connectivity index (χ3v) is 5.48. The van der Waals surface area contributed by atoms with Crippen LogP contribution in [0.25, 0.3) is 0 Å². The first-order chi connectivity index (χ1) is 12.0. The van der Waals surface area contributed by atoms with Crippen molar-refractivity contribution in [2.24, 2.45) is 0 Å². The van der Waals surface area contributed by atoms with E-state index in [0.29, 0.717) is 16.8 Å². The summed E-state index contributed by atoms with van der Waals surface area (Å²) in [4.78, 5) is 12.3. The lowest BCUT2D eigenvalue weighted by atomic mass is 9.89. The van der Waals surface area contributed by atoms with Crippen LogP contribution in [0.2, 0.25) is 0 Å². The highest BCUT2D eigenvalue weighted by atomic mass is 32.2. The van der Waals surface area contributed by atoms with Crippen LogP contribution in [-0.4, -0.2) is 26.0 Å². The number of rotatable bonds is 5. The van der Waals surface area contributed by atoms with E-state index in [9.17, 15) is 9.18 Å². The van der Waals surface area contributed by atoms with Crippen molar-refractivity contribution in [3.8, 4) is 0 Å². The lowest BCUT2D eigenvalue weighted by Crippen LogP contribution is -2.24. The van der Waals surface area contributed by atoms with E-state index < -0.39 is 5.25 Å². The van der Waals surface area contributed by atoms with Crippen LogP contribution in [0.5, 0.6) is 0 Å². The molecule has 1 aromatic heterocycles. The van der Waals surface area contributed by atoms with Gasteiger partial charge >= 0.3 is 0 Å². The number of carbonyl (C=O) groups excluding carboxylic acids is 1. The first-order valence-corrected chi connectivity index (χ1v) is 9.36. The zero-order valence-electron chi connectivity index (χ0n) is 14.1. The van der Waals surface area contributed by atoms with E-state index in [1.165, 1.54) is 60.0 Å². The van der Waals surface area contributed by atoms with E-state index in [1.54, 1.807) is 6.92 Å². The Bertz CT molecular complexity index is 727. The molecule has 3 N–H and O–H groups in total. The Morgan fingerprint density at radius 3 is 2.64 bits per heavy atom.